The maximum Gasteiger partial charge on any atom is 0.394 e. The summed E-state index contributed by atoms with van der Waals surface area (Å²) in [6.07, 6.45) is 12.4. The van der Waals surface area contributed by atoms with Gasteiger partial charge in [0.05, 0.1) is 0 Å². The number of hydrogen-bond acceptors (Lipinski definition) is 2. The van der Waals surface area contributed by atoms with Crippen molar-refractivity contribution in [3.8, 4) is 0 Å². The summed E-state index contributed by atoms with van der Waals surface area (Å²) in [6.45, 7) is 2.77. The number of hydrogen-bond donors (Lipinski definition) is 1. The van der Waals surface area contributed by atoms with Crippen LogP contribution in [0, 0.1) is 0 Å². The van der Waals surface area contributed by atoms with Crippen molar-refractivity contribution in [2.75, 3.05) is 13.6 Å². The molecule has 0 saturated heterocycles. The van der Waals surface area contributed by atoms with Crippen molar-refractivity contribution in [1.82, 2.24) is 4.90 Å². The number of aliphatic carboxylic acids is 1. The lowest BCUT2D eigenvalue weighted by molar-refractivity contribution is -0.155. The van der Waals surface area contributed by atoms with Crippen molar-refractivity contribution < 1.29 is 14.7 Å². The molecular weight excluding hydrogens is 242 g/mol. The molecule has 0 saturated carbocycles. The Hall–Kier alpha value is -1.06. The molecule has 0 bridgehead atoms. The highest BCUT2D eigenvalue weighted by Crippen LogP contribution is 2.10. The summed E-state index contributed by atoms with van der Waals surface area (Å²) >= 11 is 0. The minimum Gasteiger partial charge on any atom is -0.474 e. The lowest BCUT2D eigenvalue weighted by Crippen LogP contribution is -2.33. The molecule has 1 N–H and O–H groups in total. The van der Waals surface area contributed by atoms with E-state index in [4.69, 9.17) is 5.11 Å². The number of carbonyl (C=O) groups is 2. The smallest absolute Gasteiger partial charge is 0.394 e. The van der Waals surface area contributed by atoms with E-state index in [9.17, 15) is 9.59 Å². The second-order valence-corrected chi connectivity index (χ2v) is 5.21. The molecule has 0 fully saturated rings. The molecule has 0 aromatic rings. The highest BCUT2D eigenvalue weighted by molar-refractivity contribution is 6.31. The molecule has 0 aromatic heterocycles. The molecule has 0 atom stereocenters. The first kappa shape index (κ1) is 17.9. The molecule has 0 heterocycles. The Morgan fingerprint density at radius 2 is 1.26 bits per heavy atom. The van der Waals surface area contributed by atoms with Crippen molar-refractivity contribution in [1.29, 1.82) is 0 Å². The number of likely N-dealkylation sites (N-methyl/N-ethyl adjacent to an activating group) is 1. The van der Waals surface area contributed by atoms with Gasteiger partial charge >= 0.3 is 11.9 Å². The van der Waals surface area contributed by atoms with E-state index in [-0.39, 0.29) is 0 Å². The number of amides is 1. The van der Waals surface area contributed by atoms with Gasteiger partial charge in [-0.2, -0.15) is 0 Å². The zero-order valence-electron chi connectivity index (χ0n) is 12.5. The largest absolute Gasteiger partial charge is 0.474 e. The Balaban J connectivity index is 3.27. The van der Waals surface area contributed by atoms with Gasteiger partial charge in [0.25, 0.3) is 0 Å². The van der Waals surface area contributed by atoms with E-state index < -0.39 is 11.9 Å². The van der Waals surface area contributed by atoms with Crippen LogP contribution in [0.15, 0.2) is 0 Å². The van der Waals surface area contributed by atoms with Gasteiger partial charge in [0.1, 0.15) is 0 Å². The van der Waals surface area contributed by atoms with E-state index in [0.717, 1.165) is 12.8 Å². The predicted octanol–water partition coefficient (Wildman–Crippen LogP) is 3.45. The SMILES string of the molecule is CCCCCCCCCCCCN(C)C(=O)C(=O)O. The van der Waals surface area contributed by atoms with E-state index in [0.29, 0.717) is 6.54 Å². The Morgan fingerprint density at radius 3 is 1.68 bits per heavy atom. The zero-order valence-corrected chi connectivity index (χ0v) is 12.5. The maximum absolute atomic E-state index is 11.1. The third kappa shape index (κ3) is 10.5. The van der Waals surface area contributed by atoms with E-state index in [1.165, 1.54) is 56.3 Å². The van der Waals surface area contributed by atoms with Crippen LogP contribution in [0.3, 0.4) is 0 Å². The Labute approximate surface area is 117 Å². The predicted molar refractivity (Wildman–Crippen MR) is 77.1 cm³/mol. The quantitative estimate of drug-likeness (QED) is 0.462. The molecule has 0 aliphatic heterocycles. The summed E-state index contributed by atoms with van der Waals surface area (Å²) in [5.74, 6) is -2.18. The molecule has 0 aliphatic carbocycles. The van der Waals surface area contributed by atoms with Crippen LogP contribution in [0.4, 0.5) is 0 Å². The summed E-state index contributed by atoms with van der Waals surface area (Å²) in [4.78, 5) is 22.8. The third-order valence-corrected chi connectivity index (χ3v) is 3.38. The average Bonchev–Trinajstić information content (AvgIpc) is 2.39. The first-order valence-electron chi connectivity index (χ1n) is 7.58. The standard InChI is InChI=1S/C15H29NO3/c1-3-4-5-6-7-8-9-10-11-12-13-16(2)14(17)15(18)19/h3-13H2,1-2H3,(H,18,19). The summed E-state index contributed by atoms with van der Waals surface area (Å²) in [5, 5.41) is 8.52. The molecule has 0 aliphatic rings. The normalized spacial score (nSPS) is 10.4. The number of carboxylic acid groups (broad SMARTS) is 1. The van der Waals surface area contributed by atoms with Gasteiger partial charge in [-0.1, -0.05) is 64.7 Å². The first-order valence-corrected chi connectivity index (χ1v) is 7.58. The molecule has 4 heteroatoms. The van der Waals surface area contributed by atoms with Crippen LogP contribution in [0.5, 0.6) is 0 Å². The minimum atomic E-state index is -1.37. The van der Waals surface area contributed by atoms with Crippen LogP contribution in [-0.2, 0) is 9.59 Å². The lowest BCUT2D eigenvalue weighted by Gasteiger charge is -2.13. The van der Waals surface area contributed by atoms with Gasteiger partial charge < -0.3 is 10.0 Å². The number of nitrogens with zero attached hydrogens (tertiary/aromatic N) is 1. The van der Waals surface area contributed by atoms with Crippen LogP contribution >= 0.6 is 0 Å². The van der Waals surface area contributed by atoms with Crippen LogP contribution < -0.4 is 0 Å². The van der Waals surface area contributed by atoms with Crippen LogP contribution in [0.25, 0.3) is 0 Å². The van der Waals surface area contributed by atoms with Gasteiger partial charge in [-0.3, -0.25) is 4.79 Å². The molecular formula is C15H29NO3. The molecule has 0 unspecified atom stereocenters. The van der Waals surface area contributed by atoms with Crippen LogP contribution in [-0.4, -0.2) is 35.5 Å². The molecule has 4 nitrogen and oxygen atoms in total. The number of carbonyl (C=O) groups excluding carboxylic acids is 1. The summed E-state index contributed by atoms with van der Waals surface area (Å²) < 4.78 is 0. The van der Waals surface area contributed by atoms with Gasteiger partial charge in [0.2, 0.25) is 0 Å². The van der Waals surface area contributed by atoms with Gasteiger partial charge in [-0.15, -0.1) is 0 Å². The number of unbranched alkanes of at least 4 members (excludes halogenated alkanes) is 9. The Morgan fingerprint density at radius 1 is 0.842 bits per heavy atom. The first-order chi connectivity index (χ1) is 9.09. The molecule has 19 heavy (non-hydrogen) atoms. The topological polar surface area (TPSA) is 57.6 Å². The highest BCUT2D eigenvalue weighted by atomic mass is 16.4. The molecule has 0 spiro atoms. The van der Waals surface area contributed by atoms with Crippen molar-refractivity contribution in [2.24, 2.45) is 0 Å². The van der Waals surface area contributed by atoms with Crippen LogP contribution in [0.1, 0.15) is 71.1 Å². The lowest BCUT2D eigenvalue weighted by atomic mass is 10.1. The van der Waals surface area contributed by atoms with E-state index in [1.807, 2.05) is 0 Å². The summed E-state index contributed by atoms with van der Waals surface area (Å²) in [6, 6.07) is 0. The minimum absolute atomic E-state index is 0.543. The number of rotatable bonds is 11. The molecule has 0 radical (unpaired) electrons. The Bertz CT molecular complexity index is 254. The summed E-state index contributed by atoms with van der Waals surface area (Å²) in [7, 11) is 1.55. The summed E-state index contributed by atoms with van der Waals surface area (Å²) in [5.41, 5.74) is 0. The van der Waals surface area contributed by atoms with Gasteiger partial charge in [-0.05, 0) is 6.42 Å². The van der Waals surface area contributed by atoms with E-state index >= 15 is 0 Å². The van der Waals surface area contributed by atoms with Gasteiger partial charge in [0.15, 0.2) is 0 Å². The monoisotopic (exact) mass is 271 g/mol. The Kier molecular flexibility index (Phi) is 11.3. The fourth-order valence-corrected chi connectivity index (χ4v) is 2.10. The maximum atomic E-state index is 11.1. The fraction of sp³-hybridized carbons (Fsp3) is 0.867. The van der Waals surface area contributed by atoms with Crippen molar-refractivity contribution in [3.63, 3.8) is 0 Å². The van der Waals surface area contributed by atoms with Crippen molar-refractivity contribution >= 4 is 11.9 Å². The molecule has 0 rings (SSSR count). The second kappa shape index (κ2) is 12.0. The van der Waals surface area contributed by atoms with E-state index in [2.05, 4.69) is 6.92 Å². The van der Waals surface area contributed by atoms with Gasteiger partial charge in [-0.25, -0.2) is 4.79 Å². The molecule has 112 valence electrons. The molecule has 1 amide bonds. The molecule has 0 aromatic carbocycles. The van der Waals surface area contributed by atoms with Crippen molar-refractivity contribution in [3.05, 3.63) is 0 Å². The zero-order chi connectivity index (χ0) is 14.5. The van der Waals surface area contributed by atoms with Crippen LogP contribution in [0.2, 0.25) is 0 Å². The van der Waals surface area contributed by atoms with Gasteiger partial charge in [0, 0.05) is 13.6 Å². The number of carboxylic acids is 1. The highest BCUT2D eigenvalue weighted by Gasteiger charge is 2.15. The second-order valence-electron chi connectivity index (χ2n) is 5.21. The fourth-order valence-electron chi connectivity index (χ4n) is 2.10. The average molecular weight is 271 g/mol. The van der Waals surface area contributed by atoms with E-state index in [1.54, 1.807) is 7.05 Å². The third-order valence-electron chi connectivity index (χ3n) is 3.38. The van der Waals surface area contributed by atoms with Crippen molar-refractivity contribution in [2.45, 2.75) is 71.1 Å².